The number of hydrogen-bond acceptors (Lipinski definition) is 4. The highest BCUT2D eigenvalue weighted by atomic mass is 32.2. The molecule has 2 amide bonds. The monoisotopic (exact) mass is 201 g/mol. The number of amides is 2. The molecule has 1 heterocycles. The van der Waals surface area contributed by atoms with E-state index < -0.39 is 16.7 Å². The second-order valence-corrected chi connectivity index (χ2v) is 3.83. The Morgan fingerprint density at radius 3 is 2.77 bits per heavy atom. The van der Waals surface area contributed by atoms with Crippen LogP contribution < -0.4 is 11.1 Å². The van der Waals surface area contributed by atoms with Gasteiger partial charge in [0.2, 0.25) is 11.8 Å². The molecule has 1 aliphatic rings. The Labute approximate surface area is 80.2 Å². The highest BCUT2D eigenvalue weighted by molar-refractivity contribution is 8.13. The Morgan fingerprint density at radius 1 is 1.69 bits per heavy atom. The maximum Gasteiger partial charge on any atom is 0.249 e. The van der Waals surface area contributed by atoms with Gasteiger partial charge in [0.15, 0.2) is 5.54 Å². The zero-order valence-electron chi connectivity index (χ0n) is 7.40. The maximum atomic E-state index is 11.4. The second kappa shape index (κ2) is 3.37. The Hall–Kier alpha value is -1.04. The number of hydrogen-bond donors (Lipinski definition) is 2. The third kappa shape index (κ3) is 1.53. The molecule has 0 aliphatic carbocycles. The molecule has 0 saturated carbocycles. The predicted octanol–water partition coefficient (Wildman–Crippen LogP) is -0.880. The highest BCUT2D eigenvalue weighted by Gasteiger charge is 2.47. The van der Waals surface area contributed by atoms with Gasteiger partial charge in [-0.05, 0) is 6.92 Å². The van der Waals surface area contributed by atoms with Gasteiger partial charge >= 0.3 is 0 Å². The zero-order chi connectivity index (χ0) is 10.1. The molecule has 0 radical (unpaired) electrons. The molecule has 0 aromatic carbocycles. The van der Waals surface area contributed by atoms with E-state index in [1.807, 2.05) is 0 Å². The number of carbonyl (C=O) groups excluding carboxylic acids is 2. The lowest BCUT2D eigenvalue weighted by molar-refractivity contribution is -0.128. The van der Waals surface area contributed by atoms with Crippen LogP contribution in [0.25, 0.3) is 0 Å². The summed E-state index contributed by atoms with van der Waals surface area (Å²) in [5.41, 5.74) is 5.59. The first-order valence-corrected chi connectivity index (χ1v) is 4.67. The smallest absolute Gasteiger partial charge is 0.249 e. The first-order valence-electron chi connectivity index (χ1n) is 3.73. The summed E-state index contributed by atoms with van der Waals surface area (Å²) in [6, 6.07) is 0. The van der Waals surface area contributed by atoms with Crippen LogP contribution in [0.15, 0.2) is 4.99 Å². The predicted molar refractivity (Wildman–Crippen MR) is 51.5 cm³/mol. The topological polar surface area (TPSA) is 84.6 Å². The summed E-state index contributed by atoms with van der Waals surface area (Å²) >= 11 is 1.17. The minimum atomic E-state index is -1.05. The number of rotatable bonds is 2. The van der Waals surface area contributed by atoms with Gasteiger partial charge in [0.05, 0.1) is 5.55 Å². The number of nitrogens with one attached hydrogen (secondary N) is 1. The van der Waals surface area contributed by atoms with Gasteiger partial charge in [0.1, 0.15) is 5.25 Å². The average molecular weight is 201 g/mol. The lowest BCUT2D eigenvalue weighted by Gasteiger charge is -2.23. The van der Waals surface area contributed by atoms with Crippen molar-refractivity contribution in [1.29, 1.82) is 0 Å². The van der Waals surface area contributed by atoms with E-state index in [9.17, 15) is 9.59 Å². The molecule has 1 aliphatic heterocycles. The molecule has 72 valence electrons. The minimum absolute atomic E-state index is 0.294. The van der Waals surface area contributed by atoms with Crippen molar-refractivity contribution in [3.8, 4) is 0 Å². The third-order valence-corrected chi connectivity index (χ3v) is 3.16. The van der Waals surface area contributed by atoms with Gasteiger partial charge in [-0.3, -0.25) is 14.6 Å². The largest absolute Gasteiger partial charge is 0.369 e. The van der Waals surface area contributed by atoms with E-state index in [1.165, 1.54) is 24.4 Å². The number of likely N-dealkylation sites (N-methyl/N-ethyl adjacent to an activating group) is 1. The zero-order valence-corrected chi connectivity index (χ0v) is 8.22. The lowest BCUT2D eigenvalue weighted by Crippen LogP contribution is -2.51. The van der Waals surface area contributed by atoms with E-state index in [-0.39, 0.29) is 5.91 Å². The molecular formula is C7H11N3O2S. The molecule has 13 heavy (non-hydrogen) atoms. The molecule has 6 heteroatoms. The van der Waals surface area contributed by atoms with Gasteiger partial charge in [-0.25, -0.2) is 0 Å². The molecule has 0 bridgehead atoms. The summed E-state index contributed by atoms with van der Waals surface area (Å²) in [5, 5.41) is 1.85. The highest BCUT2D eigenvalue weighted by Crippen LogP contribution is 2.31. The standard InChI is InChI=1S/C7H11N3O2S/c1-7(6(12)9-2)4(5(8)11)13-3-10-7/h3-4H,1-2H3,(H2,8,11)(H,9,12). The van der Waals surface area contributed by atoms with E-state index in [0.717, 1.165) is 0 Å². The summed E-state index contributed by atoms with van der Waals surface area (Å²) in [6.45, 7) is 1.60. The van der Waals surface area contributed by atoms with E-state index in [1.54, 1.807) is 6.92 Å². The van der Waals surface area contributed by atoms with Crippen molar-refractivity contribution >= 4 is 29.1 Å². The van der Waals surface area contributed by atoms with Crippen LogP contribution in [0.5, 0.6) is 0 Å². The molecule has 0 fully saturated rings. The fourth-order valence-electron chi connectivity index (χ4n) is 1.18. The van der Waals surface area contributed by atoms with Gasteiger partial charge < -0.3 is 11.1 Å². The first kappa shape index (κ1) is 10.0. The van der Waals surface area contributed by atoms with Gasteiger partial charge in [0.25, 0.3) is 0 Å². The maximum absolute atomic E-state index is 11.4. The summed E-state index contributed by atoms with van der Waals surface area (Å²) in [6.07, 6.45) is 0. The SMILES string of the molecule is CNC(=O)C1(C)N=CSC1C(N)=O. The first-order chi connectivity index (χ1) is 6.02. The van der Waals surface area contributed by atoms with Crippen LogP contribution in [0, 0.1) is 0 Å². The Kier molecular flexibility index (Phi) is 2.60. The molecule has 3 N–H and O–H groups in total. The molecule has 2 unspecified atom stereocenters. The lowest BCUT2D eigenvalue weighted by atomic mass is 9.97. The quantitative estimate of drug-likeness (QED) is 0.608. The van der Waals surface area contributed by atoms with E-state index in [0.29, 0.717) is 0 Å². The second-order valence-electron chi connectivity index (χ2n) is 2.88. The van der Waals surface area contributed by atoms with Crippen LogP contribution in [0.1, 0.15) is 6.92 Å². The molecule has 5 nitrogen and oxygen atoms in total. The molecule has 0 saturated heterocycles. The number of aliphatic imine (C=N–C) groups is 1. The van der Waals surface area contributed by atoms with Crippen LogP contribution in [0.4, 0.5) is 0 Å². The van der Waals surface area contributed by atoms with Gasteiger partial charge in [-0.1, -0.05) is 11.8 Å². The van der Waals surface area contributed by atoms with E-state index in [2.05, 4.69) is 10.3 Å². The normalized spacial score (nSPS) is 31.7. The molecule has 0 spiro atoms. The molecule has 0 aromatic heterocycles. The van der Waals surface area contributed by atoms with Crippen LogP contribution in [-0.4, -0.2) is 35.2 Å². The van der Waals surface area contributed by atoms with E-state index >= 15 is 0 Å². The van der Waals surface area contributed by atoms with Crippen LogP contribution >= 0.6 is 11.8 Å². The average Bonchev–Trinajstić information content (AvgIpc) is 2.47. The molecule has 0 aromatic rings. The van der Waals surface area contributed by atoms with Crippen LogP contribution in [0.2, 0.25) is 0 Å². The van der Waals surface area contributed by atoms with Gasteiger partial charge in [-0.15, -0.1) is 0 Å². The number of primary amides is 1. The van der Waals surface area contributed by atoms with Crippen molar-refractivity contribution in [2.24, 2.45) is 10.7 Å². The summed E-state index contributed by atoms with van der Waals surface area (Å²) in [4.78, 5) is 26.3. The Morgan fingerprint density at radius 2 is 2.31 bits per heavy atom. The van der Waals surface area contributed by atoms with Crippen molar-refractivity contribution in [2.75, 3.05) is 7.05 Å². The molecule has 2 atom stereocenters. The van der Waals surface area contributed by atoms with Crippen molar-refractivity contribution in [3.05, 3.63) is 0 Å². The van der Waals surface area contributed by atoms with Gasteiger partial charge in [0, 0.05) is 7.05 Å². The van der Waals surface area contributed by atoms with Crippen LogP contribution in [-0.2, 0) is 9.59 Å². The van der Waals surface area contributed by atoms with Crippen LogP contribution in [0.3, 0.4) is 0 Å². The van der Waals surface area contributed by atoms with Crippen molar-refractivity contribution in [3.63, 3.8) is 0 Å². The fourth-order valence-corrected chi connectivity index (χ4v) is 2.14. The molecular weight excluding hydrogens is 190 g/mol. The van der Waals surface area contributed by atoms with Crippen molar-refractivity contribution in [1.82, 2.24) is 5.32 Å². The third-order valence-electron chi connectivity index (χ3n) is 1.97. The van der Waals surface area contributed by atoms with Crippen molar-refractivity contribution < 1.29 is 9.59 Å². The fraction of sp³-hybridized carbons (Fsp3) is 0.571. The number of carbonyl (C=O) groups is 2. The number of thioether (sulfide) groups is 1. The van der Waals surface area contributed by atoms with E-state index in [4.69, 9.17) is 5.73 Å². The van der Waals surface area contributed by atoms with Crippen molar-refractivity contribution in [2.45, 2.75) is 17.7 Å². The van der Waals surface area contributed by atoms with Gasteiger partial charge in [-0.2, -0.15) is 0 Å². The summed E-state index contributed by atoms with van der Waals surface area (Å²) in [5.74, 6) is -0.814. The summed E-state index contributed by atoms with van der Waals surface area (Å²) in [7, 11) is 1.50. The Bertz CT molecular complexity index is 279. The molecule has 1 rings (SSSR count). The number of nitrogens with two attached hydrogens (primary N) is 1. The number of nitrogens with zero attached hydrogens (tertiary/aromatic N) is 1. The Balaban J connectivity index is 2.93. The summed E-state index contributed by atoms with van der Waals surface area (Å²) < 4.78 is 0. The minimum Gasteiger partial charge on any atom is -0.369 e.